The van der Waals surface area contributed by atoms with Gasteiger partial charge in [0.15, 0.2) is 0 Å². The van der Waals surface area contributed by atoms with Crippen LogP contribution < -0.4 is 0 Å². The van der Waals surface area contributed by atoms with Gasteiger partial charge in [0.1, 0.15) is 12.3 Å². The summed E-state index contributed by atoms with van der Waals surface area (Å²) >= 11 is 0. The third-order valence-electron chi connectivity index (χ3n) is 3.40. The van der Waals surface area contributed by atoms with Gasteiger partial charge in [0.2, 0.25) is 0 Å². The van der Waals surface area contributed by atoms with Crippen LogP contribution in [-0.4, -0.2) is 36.9 Å². The number of rotatable bonds is 5. The second-order valence-corrected chi connectivity index (χ2v) is 4.98. The van der Waals surface area contributed by atoms with E-state index in [0.29, 0.717) is 6.61 Å². The SMILES string of the molecule is CC(OCC(O)c1cccc2ccccc12)N(C)C.Cl. The minimum absolute atomic E-state index is 0. The van der Waals surface area contributed by atoms with E-state index in [1.165, 1.54) is 0 Å². The Labute approximate surface area is 126 Å². The van der Waals surface area contributed by atoms with Crippen LogP contribution in [0, 0.1) is 0 Å². The van der Waals surface area contributed by atoms with E-state index in [-0.39, 0.29) is 18.6 Å². The molecule has 2 aromatic rings. The van der Waals surface area contributed by atoms with Gasteiger partial charge in [0.05, 0.1) is 6.61 Å². The molecule has 0 aliphatic rings. The summed E-state index contributed by atoms with van der Waals surface area (Å²) < 4.78 is 5.64. The minimum Gasteiger partial charge on any atom is -0.386 e. The number of nitrogens with zero attached hydrogens (tertiary/aromatic N) is 1. The third-order valence-corrected chi connectivity index (χ3v) is 3.40. The smallest absolute Gasteiger partial charge is 0.107 e. The van der Waals surface area contributed by atoms with Gasteiger partial charge < -0.3 is 9.84 Å². The maximum atomic E-state index is 10.3. The van der Waals surface area contributed by atoms with Crippen molar-refractivity contribution in [3.63, 3.8) is 0 Å². The summed E-state index contributed by atoms with van der Waals surface area (Å²) in [5.41, 5.74) is 0.920. The van der Waals surface area contributed by atoms with Crippen LogP contribution in [0.5, 0.6) is 0 Å². The van der Waals surface area contributed by atoms with Crippen molar-refractivity contribution in [1.29, 1.82) is 0 Å². The number of hydrogen-bond donors (Lipinski definition) is 1. The number of hydrogen-bond acceptors (Lipinski definition) is 3. The monoisotopic (exact) mass is 295 g/mol. The molecule has 2 aromatic carbocycles. The van der Waals surface area contributed by atoms with Gasteiger partial charge in [-0.05, 0) is 37.4 Å². The molecule has 0 aromatic heterocycles. The number of halogens is 1. The molecule has 110 valence electrons. The van der Waals surface area contributed by atoms with Crippen LogP contribution in [0.4, 0.5) is 0 Å². The van der Waals surface area contributed by atoms with E-state index >= 15 is 0 Å². The Bertz CT molecular complexity index is 539. The predicted molar refractivity (Wildman–Crippen MR) is 85.3 cm³/mol. The van der Waals surface area contributed by atoms with Crippen molar-refractivity contribution >= 4 is 23.2 Å². The van der Waals surface area contributed by atoms with Gasteiger partial charge in [0.25, 0.3) is 0 Å². The zero-order valence-electron chi connectivity index (χ0n) is 12.1. The molecule has 0 saturated heterocycles. The number of aliphatic hydroxyl groups excluding tert-OH is 1. The van der Waals surface area contributed by atoms with E-state index in [9.17, 15) is 5.11 Å². The lowest BCUT2D eigenvalue weighted by molar-refractivity contribution is -0.0599. The van der Waals surface area contributed by atoms with Crippen molar-refractivity contribution < 1.29 is 9.84 Å². The highest BCUT2D eigenvalue weighted by molar-refractivity contribution is 5.86. The molecule has 0 spiro atoms. The second-order valence-electron chi connectivity index (χ2n) is 4.98. The van der Waals surface area contributed by atoms with E-state index < -0.39 is 6.10 Å². The fraction of sp³-hybridized carbons (Fsp3) is 0.375. The summed E-state index contributed by atoms with van der Waals surface area (Å²) in [6.07, 6.45) is -0.613. The molecule has 0 amide bonds. The number of benzene rings is 2. The van der Waals surface area contributed by atoms with Gasteiger partial charge in [-0.15, -0.1) is 12.4 Å². The summed E-state index contributed by atoms with van der Waals surface area (Å²) in [4.78, 5) is 1.97. The minimum atomic E-state index is -0.603. The first-order valence-corrected chi connectivity index (χ1v) is 6.53. The Hall–Kier alpha value is -1.13. The Kier molecular flexibility index (Phi) is 6.43. The van der Waals surface area contributed by atoms with E-state index in [0.717, 1.165) is 16.3 Å². The number of aliphatic hydroxyl groups is 1. The number of fused-ring (bicyclic) bond motifs is 1. The van der Waals surface area contributed by atoms with Crippen molar-refractivity contribution in [3.8, 4) is 0 Å². The van der Waals surface area contributed by atoms with Gasteiger partial charge in [-0.2, -0.15) is 0 Å². The molecule has 20 heavy (non-hydrogen) atoms. The molecule has 0 aliphatic carbocycles. The zero-order valence-corrected chi connectivity index (χ0v) is 12.9. The molecular weight excluding hydrogens is 274 g/mol. The highest BCUT2D eigenvalue weighted by Crippen LogP contribution is 2.24. The molecule has 0 bridgehead atoms. The third kappa shape index (κ3) is 3.93. The average molecular weight is 296 g/mol. The van der Waals surface area contributed by atoms with Crippen LogP contribution in [0.3, 0.4) is 0 Å². The second kappa shape index (κ2) is 7.60. The van der Waals surface area contributed by atoms with E-state index in [2.05, 4.69) is 12.1 Å². The fourth-order valence-electron chi connectivity index (χ4n) is 2.01. The van der Waals surface area contributed by atoms with Crippen molar-refractivity contribution in [2.75, 3.05) is 20.7 Å². The van der Waals surface area contributed by atoms with Crippen LogP contribution in [-0.2, 0) is 4.74 Å². The molecule has 2 unspecified atom stereocenters. The van der Waals surface area contributed by atoms with Crippen LogP contribution >= 0.6 is 12.4 Å². The Morgan fingerprint density at radius 1 is 1.10 bits per heavy atom. The standard InChI is InChI=1S/C16H21NO2.ClH/c1-12(17(2)3)19-11-16(18)15-10-6-8-13-7-4-5-9-14(13)15;/h4-10,12,16,18H,11H2,1-3H3;1H. The van der Waals surface area contributed by atoms with Gasteiger partial charge >= 0.3 is 0 Å². The molecule has 0 saturated carbocycles. The molecule has 2 rings (SSSR count). The summed E-state index contributed by atoms with van der Waals surface area (Å²) in [6.45, 7) is 2.27. The lowest BCUT2D eigenvalue weighted by Crippen LogP contribution is -2.29. The molecule has 4 heteroatoms. The predicted octanol–water partition coefficient (Wildman–Crippen LogP) is 3.22. The molecule has 2 atom stereocenters. The molecule has 1 N–H and O–H groups in total. The van der Waals surface area contributed by atoms with E-state index in [1.807, 2.05) is 56.3 Å². The van der Waals surface area contributed by atoms with Crippen LogP contribution in [0.2, 0.25) is 0 Å². The van der Waals surface area contributed by atoms with Crippen molar-refractivity contribution in [3.05, 3.63) is 48.0 Å². The quantitative estimate of drug-likeness (QED) is 0.860. The maximum absolute atomic E-state index is 10.3. The molecule has 0 aliphatic heterocycles. The Morgan fingerprint density at radius 3 is 2.45 bits per heavy atom. The molecule has 0 fully saturated rings. The largest absolute Gasteiger partial charge is 0.386 e. The average Bonchev–Trinajstić information content (AvgIpc) is 2.43. The van der Waals surface area contributed by atoms with Crippen LogP contribution in [0.1, 0.15) is 18.6 Å². The molecule has 3 nitrogen and oxygen atoms in total. The van der Waals surface area contributed by atoms with Gasteiger partial charge in [0, 0.05) is 0 Å². The fourth-order valence-corrected chi connectivity index (χ4v) is 2.01. The van der Waals surface area contributed by atoms with Crippen LogP contribution in [0.15, 0.2) is 42.5 Å². The van der Waals surface area contributed by atoms with Crippen molar-refractivity contribution in [2.45, 2.75) is 19.3 Å². The Balaban J connectivity index is 0.00000200. The van der Waals surface area contributed by atoms with Gasteiger partial charge in [-0.3, -0.25) is 4.90 Å². The first-order chi connectivity index (χ1) is 9.09. The van der Waals surface area contributed by atoms with Gasteiger partial charge in [-0.1, -0.05) is 42.5 Å². The van der Waals surface area contributed by atoms with E-state index in [4.69, 9.17) is 4.74 Å². The molecular formula is C16H22ClNO2. The Morgan fingerprint density at radius 2 is 1.75 bits per heavy atom. The summed E-state index contributed by atoms with van der Waals surface area (Å²) in [5, 5.41) is 12.5. The van der Waals surface area contributed by atoms with Crippen molar-refractivity contribution in [1.82, 2.24) is 4.90 Å². The summed E-state index contributed by atoms with van der Waals surface area (Å²) in [5.74, 6) is 0. The normalized spacial score (nSPS) is 14.1. The van der Waals surface area contributed by atoms with Crippen LogP contribution in [0.25, 0.3) is 10.8 Å². The first kappa shape index (κ1) is 16.9. The topological polar surface area (TPSA) is 32.7 Å². The maximum Gasteiger partial charge on any atom is 0.107 e. The highest BCUT2D eigenvalue weighted by atomic mass is 35.5. The highest BCUT2D eigenvalue weighted by Gasteiger charge is 2.13. The summed E-state index contributed by atoms with van der Waals surface area (Å²) in [6, 6.07) is 14.0. The lowest BCUT2D eigenvalue weighted by Gasteiger charge is -2.22. The van der Waals surface area contributed by atoms with Gasteiger partial charge in [-0.25, -0.2) is 0 Å². The summed E-state index contributed by atoms with van der Waals surface area (Å²) in [7, 11) is 3.91. The zero-order chi connectivity index (χ0) is 13.8. The first-order valence-electron chi connectivity index (χ1n) is 6.53. The van der Waals surface area contributed by atoms with E-state index in [1.54, 1.807) is 0 Å². The molecule has 0 heterocycles. The van der Waals surface area contributed by atoms with Crippen molar-refractivity contribution in [2.24, 2.45) is 0 Å². The molecule has 0 radical (unpaired) electrons. The number of ether oxygens (including phenoxy) is 1. The lowest BCUT2D eigenvalue weighted by atomic mass is 10.0.